The number of urea groups is 1. The van der Waals surface area contributed by atoms with Crippen LogP contribution in [0.4, 0.5) is 10.5 Å². The summed E-state index contributed by atoms with van der Waals surface area (Å²) >= 11 is 1.76. The van der Waals surface area contributed by atoms with Gasteiger partial charge in [0.1, 0.15) is 0 Å². The zero-order valence-corrected chi connectivity index (χ0v) is 15.2. The molecule has 1 aromatic carbocycles. The highest BCUT2D eigenvalue weighted by molar-refractivity contribution is 8.00. The molecule has 3 N–H and O–H groups in total. The van der Waals surface area contributed by atoms with Crippen LogP contribution in [0.2, 0.25) is 0 Å². The minimum Gasteiger partial charge on any atom is -0.481 e. The van der Waals surface area contributed by atoms with Crippen molar-refractivity contribution in [3.05, 3.63) is 24.3 Å². The van der Waals surface area contributed by atoms with Crippen LogP contribution >= 0.6 is 11.8 Å². The van der Waals surface area contributed by atoms with E-state index in [0.717, 1.165) is 4.90 Å². The second-order valence-electron chi connectivity index (χ2n) is 7.10. The summed E-state index contributed by atoms with van der Waals surface area (Å²) in [6.07, 6.45) is 0.392. The van der Waals surface area contributed by atoms with Gasteiger partial charge in [0.15, 0.2) is 0 Å². The first-order chi connectivity index (χ1) is 10.5. The van der Waals surface area contributed by atoms with Gasteiger partial charge in [0, 0.05) is 27.3 Å². The fourth-order valence-corrected chi connectivity index (χ4v) is 2.89. The van der Waals surface area contributed by atoms with Gasteiger partial charge in [0.25, 0.3) is 0 Å². The standard InChI is InChI=1S/C17H26N2O3S/c1-16(2,3)23-13-8-6-12(7-9-13)18-15(22)19-17(4,5)11-10-14(20)21/h6-9H,10-11H2,1-5H3,(H,20,21)(H2,18,19,22). The van der Waals surface area contributed by atoms with Crippen LogP contribution in [0.5, 0.6) is 0 Å². The zero-order valence-electron chi connectivity index (χ0n) is 14.4. The van der Waals surface area contributed by atoms with E-state index in [0.29, 0.717) is 12.1 Å². The van der Waals surface area contributed by atoms with Gasteiger partial charge >= 0.3 is 12.0 Å². The molecule has 128 valence electrons. The van der Waals surface area contributed by atoms with E-state index in [4.69, 9.17) is 5.11 Å². The van der Waals surface area contributed by atoms with Crippen LogP contribution in [0, 0.1) is 0 Å². The van der Waals surface area contributed by atoms with Crippen molar-refractivity contribution in [3.8, 4) is 0 Å². The molecule has 5 nitrogen and oxygen atoms in total. The number of amides is 2. The maximum atomic E-state index is 12.0. The molecule has 0 saturated heterocycles. The minimum atomic E-state index is -0.868. The topological polar surface area (TPSA) is 78.4 Å². The lowest BCUT2D eigenvalue weighted by Crippen LogP contribution is -2.45. The van der Waals surface area contributed by atoms with Crippen LogP contribution in [0.15, 0.2) is 29.2 Å². The Morgan fingerprint density at radius 1 is 1.09 bits per heavy atom. The molecule has 0 aromatic heterocycles. The number of carbonyl (C=O) groups excluding carboxylic acids is 1. The van der Waals surface area contributed by atoms with Gasteiger partial charge in [-0.15, -0.1) is 11.8 Å². The first kappa shape index (κ1) is 19.4. The van der Waals surface area contributed by atoms with Crippen LogP contribution in [-0.2, 0) is 4.79 Å². The number of thioether (sulfide) groups is 1. The second-order valence-corrected chi connectivity index (χ2v) is 9.00. The van der Waals surface area contributed by atoms with Crippen molar-refractivity contribution < 1.29 is 14.7 Å². The van der Waals surface area contributed by atoms with Gasteiger partial charge in [0.05, 0.1) is 0 Å². The van der Waals surface area contributed by atoms with Crippen LogP contribution in [0.1, 0.15) is 47.5 Å². The summed E-state index contributed by atoms with van der Waals surface area (Å²) in [7, 11) is 0. The molecular weight excluding hydrogens is 312 g/mol. The quantitative estimate of drug-likeness (QED) is 0.674. The number of benzene rings is 1. The molecule has 0 bridgehead atoms. The van der Waals surface area contributed by atoms with Crippen molar-refractivity contribution in [2.45, 2.75) is 62.6 Å². The monoisotopic (exact) mass is 338 g/mol. The van der Waals surface area contributed by atoms with Crippen molar-refractivity contribution >= 4 is 29.4 Å². The summed E-state index contributed by atoms with van der Waals surface area (Å²) in [5.41, 5.74) is 0.125. The lowest BCUT2D eigenvalue weighted by Gasteiger charge is -2.25. The van der Waals surface area contributed by atoms with Gasteiger partial charge in [0.2, 0.25) is 0 Å². The van der Waals surface area contributed by atoms with Crippen molar-refractivity contribution in [2.24, 2.45) is 0 Å². The maximum Gasteiger partial charge on any atom is 0.319 e. The van der Waals surface area contributed by atoms with Crippen molar-refractivity contribution in [3.63, 3.8) is 0 Å². The largest absolute Gasteiger partial charge is 0.481 e. The molecule has 1 rings (SSSR count). The first-order valence-corrected chi connectivity index (χ1v) is 8.39. The van der Waals surface area contributed by atoms with Gasteiger partial charge < -0.3 is 15.7 Å². The number of hydrogen-bond donors (Lipinski definition) is 3. The minimum absolute atomic E-state index is 0.0198. The maximum absolute atomic E-state index is 12.0. The number of carbonyl (C=O) groups is 2. The molecule has 0 fully saturated rings. The van der Waals surface area contributed by atoms with Gasteiger partial charge in [-0.2, -0.15) is 0 Å². The van der Waals surface area contributed by atoms with Crippen molar-refractivity contribution in [1.82, 2.24) is 5.32 Å². The Morgan fingerprint density at radius 3 is 2.13 bits per heavy atom. The number of aliphatic carboxylic acids is 1. The van der Waals surface area contributed by atoms with Crippen LogP contribution in [-0.4, -0.2) is 27.4 Å². The molecule has 0 radical (unpaired) electrons. The lowest BCUT2D eigenvalue weighted by atomic mass is 9.99. The molecule has 0 aliphatic rings. The Hall–Kier alpha value is -1.69. The molecule has 0 aliphatic heterocycles. The fourth-order valence-electron chi connectivity index (χ4n) is 1.91. The number of anilines is 1. The highest BCUT2D eigenvalue weighted by Gasteiger charge is 2.21. The van der Waals surface area contributed by atoms with Crippen molar-refractivity contribution in [1.29, 1.82) is 0 Å². The summed E-state index contributed by atoms with van der Waals surface area (Å²) in [6, 6.07) is 7.33. The van der Waals surface area contributed by atoms with Gasteiger partial charge in [-0.05, 0) is 44.5 Å². The summed E-state index contributed by atoms with van der Waals surface area (Å²) in [6.45, 7) is 10.1. The molecule has 0 saturated carbocycles. The molecular formula is C17H26N2O3S. The molecule has 0 spiro atoms. The Morgan fingerprint density at radius 2 is 1.65 bits per heavy atom. The van der Waals surface area contributed by atoms with E-state index >= 15 is 0 Å². The molecule has 1 aromatic rings. The summed E-state index contributed by atoms with van der Waals surface area (Å²) in [4.78, 5) is 23.8. The third kappa shape index (κ3) is 8.50. The molecule has 2 amide bonds. The van der Waals surface area contributed by atoms with E-state index in [1.54, 1.807) is 25.6 Å². The number of hydrogen-bond acceptors (Lipinski definition) is 3. The molecule has 0 heterocycles. The number of nitrogens with one attached hydrogen (secondary N) is 2. The molecule has 0 aliphatic carbocycles. The van der Waals surface area contributed by atoms with E-state index in [-0.39, 0.29) is 17.2 Å². The predicted molar refractivity (Wildman–Crippen MR) is 95.2 cm³/mol. The third-order valence-corrected chi connectivity index (χ3v) is 4.07. The number of rotatable bonds is 6. The van der Waals surface area contributed by atoms with Gasteiger partial charge in [-0.1, -0.05) is 20.8 Å². The average molecular weight is 338 g/mol. The Bertz CT molecular complexity index is 548. The number of carboxylic acids is 1. The molecule has 0 atom stereocenters. The molecule has 6 heteroatoms. The predicted octanol–water partition coefficient (Wildman–Crippen LogP) is 4.34. The molecule has 23 heavy (non-hydrogen) atoms. The zero-order chi connectivity index (χ0) is 17.7. The third-order valence-electron chi connectivity index (χ3n) is 2.95. The van der Waals surface area contributed by atoms with Gasteiger partial charge in [-0.3, -0.25) is 4.79 Å². The normalized spacial score (nSPS) is 11.9. The highest BCUT2D eigenvalue weighted by atomic mass is 32.2. The summed E-state index contributed by atoms with van der Waals surface area (Å²) in [5.74, 6) is -0.868. The van der Waals surface area contributed by atoms with E-state index in [9.17, 15) is 9.59 Å². The highest BCUT2D eigenvalue weighted by Crippen LogP contribution is 2.32. The Balaban J connectivity index is 2.55. The smallest absolute Gasteiger partial charge is 0.319 e. The Labute approximate surface area is 142 Å². The van der Waals surface area contributed by atoms with Crippen molar-refractivity contribution in [2.75, 3.05) is 5.32 Å². The van der Waals surface area contributed by atoms with Crippen LogP contribution < -0.4 is 10.6 Å². The average Bonchev–Trinajstić information content (AvgIpc) is 2.36. The first-order valence-electron chi connectivity index (χ1n) is 7.57. The van der Waals surface area contributed by atoms with Gasteiger partial charge in [-0.25, -0.2) is 4.79 Å². The van der Waals surface area contributed by atoms with E-state index in [1.807, 2.05) is 24.3 Å². The Kier molecular flexibility index (Phi) is 6.50. The van der Waals surface area contributed by atoms with Crippen LogP contribution in [0.25, 0.3) is 0 Å². The van der Waals surface area contributed by atoms with E-state index in [1.165, 1.54) is 0 Å². The molecule has 0 unspecified atom stereocenters. The fraction of sp³-hybridized carbons (Fsp3) is 0.529. The SMILES string of the molecule is CC(C)(CCC(=O)O)NC(=O)Nc1ccc(SC(C)(C)C)cc1. The number of carboxylic acid groups (broad SMARTS) is 1. The second kappa shape index (κ2) is 7.73. The summed E-state index contributed by atoms with van der Waals surface area (Å²) < 4.78 is 0.139. The van der Waals surface area contributed by atoms with E-state index in [2.05, 4.69) is 31.4 Å². The lowest BCUT2D eigenvalue weighted by molar-refractivity contribution is -0.137. The van der Waals surface area contributed by atoms with Crippen LogP contribution in [0.3, 0.4) is 0 Å². The van der Waals surface area contributed by atoms with E-state index < -0.39 is 11.5 Å². The summed E-state index contributed by atoms with van der Waals surface area (Å²) in [5, 5.41) is 14.3.